The minimum Gasteiger partial charge on any atom is -0.359 e. The maximum atomic E-state index is 12.6. The zero-order chi connectivity index (χ0) is 15.5. The molecule has 3 nitrogen and oxygen atoms in total. The second kappa shape index (κ2) is 10.3. The molecule has 0 bridgehead atoms. The van der Waals surface area contributed by atoms with Crippen molar-refractivity contribution in [2.75, 3.05) is 26.2 Å². The molecule has 1 amide bonds. The summed E-state index contributed by atoms with van der Waals surface area (Å²) in [6.45, 7) is 8.10. The van der Waals surface area contributed by atoms with Gasteiger partial charge in [0, 0.05) is 6.54 Å². The Balaban J connectivity index is 0.000000219. The summed E-state index contributed by atoms with van der Waals surface area (Å²) in [4.78, 5) is 12.4. The highest BCUT2D eigenvalue weighted by molar-refractivity contribution is 5.45. The molecule has 0 aromatic heterocycles. The average molecular weight is 294 g/mol. The Bertz CT molecular complexity index is 417. The van der Waals surface area contributed by atoms with Crippen LogP contribution in [0.3, 0.4) is 0 Å². The molecule has 118 valence electrons. The number of halogens is 1. The predicted octanol–water partition coefficient (Wildman–Crippen LogP) is 3.05. The van der Waals surface area contributed by atoms with Gasteiger partial charge in [0.1, 0.15) is 5.82 Å². The van der Waals surface area contributed by atoms with Crippen molar-refractivity contribution in [3.8, 4) is 0 Å². The first kappa shape index (κ1) is 17.6. The highest BCUT2D eigenvalue weighted by Gasteiger charge is 2.08. The molecule has 0 radical (unpaired) electrons. The number of hydrogen-bond donors (Lipinski definition) is 1. The van der Waals surface area contributed by atoms with Crippen LogP contribution in [0.4, 0.5) is 4.39 Å². The van der Waals surface area contributed by atoms with Crippen molar-refractivity contribution in [3.63, 3.8) is 0 Å². The summed E-state index contributed by atoms with van der Waals surface area (Å²) in [5.74, 6) is -0.116. The molecule has 1 aromatic rings. The minimum absolute atomic E-state index is 0.116. The van der Waals surface area contributed by atoms with Gasteiger partial charge in [0.05, 0.1) is 0 Å². The summed E-state index contributed by atoms with van der Waals surface area (Å²) in [6, 6.07) is 5.22. The van der Waals surface area contributed by atoms with E-state index in [1.807, 2.05) is 13.0 Å². The van der Waals surface area contributed by atoms with E-state index in [2.05, 4.69) is 10.2 Å². The number of aryl methyl sites for hydroxylation is 2. The summed E-state index contributed by atoms with van der Waals surface area (Å²) < 4.78 is 12.6. The smallest absolute Gasteiger partial charge is 0.207 e. The first-order valence-corrected chi connectivity index (χ1v) is 7.75. The van der Waals surface area contributed by atoms with Crippen LogP contribution >= 0.6 is 0 Å². The van der Waals surface area contributed by atoms with Gasteiger partial charge in [0.2, 0.25) is 6.41 Å². The van der Waals surface area contributed by atoms with Crippen LogP contribution in [0.2, 0.25) is 0 Å². The Kier molecular flexibility index (Phi) is 8.67. The lowest BCUT2D eigenvalue weighted by Gasteiger charge is -2.26. The maximum Gasteiger partial charge on any atom is 0.207 e. The van der Waals surface area contributed by atoms with Gasteiger partial charge in [-0.05, 0) is 69.9 Å². The number of rotatable bonds is 5. The molecule has 1 aromatic carbocycles. The van der Waals surface area contributed by atoms with Gasteiger partial charge >= 0.3 is 0 Å². The van der Waals surface area contributed by atoms with Gasteiger partial charge in [-0.25, -0.2) is 4.39 Å². The van der Waals surface area contributed by atoms with Crippen molar-refractivity contribution in [1.82, 2.24) is 10.2 Å². The Hall–Kier alpha value is -1.42. The van der Waals surface area contributed by atoms with Crippen molar-refractivity contribution in [3.05, 3.63) is 35.1 Å². The van der Waals surface area contributed by atoms with Gasteiger partial charge in [-0.2, -0.15) is 0 Å². The fourth-order valence-corrected chi connectivity index (χ4v) is 2.34. The van der Waals surface area contributed by atoms with Crippen LogP contribution < -0.4 is 5.32 Å². The number of nitrogens with one attached hydrogen (secondary N) is 1. The van der Waals surface area contributed by atoms with E-state index in [1.165, 1.54) is 38.4 Å². The molecule has 0 unspecified atom stereocenters. The van der Waals surface area contributed by atoms with Gasteiger partial charge in [-0.1, -0.05) is 18.6 Å². The van der Waals surface area contributed by atoms with Crippen LogP contribution in [0.25, 0.3) is 0 Å². The quantitative estimate of drug-likeness (QED) is 0.668. The van der Waals surface area contributed by atoms with Gasteiger partial charge in [0.15, 0.2) is 0 Å². The number of benzene rings is 1. The first-order valence-electron chi connectivity index (χ1n) is 7.75. The van der Waals surface area contributed by atoms with E-state index in [4.69, 9.17) is 0 Å². The van der Waals surface area contributed by atoms with Crippen LogP contribution in [-0.4, -0.2) is 37.5 Å². The lowest BCUT2D eigenvalue weighted by atomic mass is 10.1. The van der Waals surface area contributed by atoms with Gasteiger partial charge in [-0.3, -0.25) is 4.79 Å². The van der Waals surface area contributed by atoms with E-state index in [1.54, 1.807) is 13.0 Å². The number of likely N-dealkylation sites (tertiary alicyclic amines) is 1. The van der Waals surface area contributed by atoms with Gasteiger partial charge in [-0.15, -0.1) is 0 Å². The average Bonchev–Trinajstić information content (AvgIpc) is 2.50. The normalized spacial score (nSPS) is 15.0. The van der Waals surface area contributed by atoms with E-state index in [9.17, 15) is 9.18 Å². The molecule has 0 atom stereocenters. The Morgan fingerprint density at radius 3 is 2.52 bits per heavy atom. The summed E-state index contributed by atoms with van der Waals surface area (Å²) in [6.07, 6.45) is 5.94. The molecule has 0 saturated carbocycles. The highest BCUT2D eigenvalue weighted by Crippen LogP contribution is 2.08. The van der Waals surface area contributed by atoms with E-state index in [0.29, 0.717) is 5.56 Å². The summed E-state index contributed by atoms with van der Waals surface area (Å²) in [7, 11) is 0. The lowest BCUT2D eigenvalue weighted by molar-refractivity contribution is -0.109. The second-order valence-electron chi connectivity index (χ2n) is 5.58. The Morgan fingerprint density at radius 2 is 1.95 bits per heavy atom. The van der Waals surface area contributed by atoms with Crippen LogP contribution in [-0.2, 0) is 4.79 Å². The molecule has 21 heavy (non-hydrogen) atoms. The standard InChI is InChI=1S/C9H18N2O.C8H9F/c12-9-10-5-4-8-11-6-2-1-3-7-11;1-6-3-4-7(2)8(9)5-6/h9H,1-8H2,(H,10,12);3-5H,1-2H3. The summed E-state index contributed by atoms with van der Waals surface area (Å²) in [5.41, 5.74) is 1.68. The predicted molar refractivity (Wildman–Crippen MR) is 84.8 cm³/mol. The topological polar surface area (TPSA) is 32.3 Å². The maximum absolute atomic E-state index is 12.6. The van der Waals surface area contributed by atoms with Crippen LogP contribution in [0, 0.1) is 19.7 Å². The number of hydrogen-bond acceptors (Lipinski definition) is 2. The zero-order valence-electron chi connectivity index (χ0n) is 13.2. The van der Waals surface area contributed by atoms with Crippen LogP contribution in [0.1, 0.15) is 36.8 Å². The van der Waals surface area contributed by atoms with E-state index in [0.717, 1.165) is 31.5 Å². The number of carbonyl (C=O) groups excluding carboxylic acids is 1. The number of amides is 1. The molecular formula is C17H27FN2O. The van der Waals surface area contributed by atoms with Gasteiger partial charge in [0.25, 0.3) is 0 Å². The first-order chi connectivity index (χ1) is 10.1. The largest absolute Gasteiger partial charge is 0.359 e. The fourth-order valence-electron chi connectivity index (χ4n) is 2.34. The van der Waals surface area contributed by atoms with Crippen molar-refractivity contribution in [2.45, 2.75) is 39.5 Å². The third kappa shape index (κ3) is 7.81. The summed E-state index contributed by atoms with van der Waals surface area (Å²) in [5, 5.41) is 2.68. The van der Waals surface area contributed by atoms with Crippen molar-refractivity contribution >= 4 is 6.41 Å². The Labute approximate surface area is 127 Å². The van der Waals surface area contributed by atoms with E-state index < -0.39 is 0 Å². The van der Waals surface area contributed by atoms with Gasteiger partial charge < -0.3 is 10.2 Å². The molecule has 1 N–H and O–H groups in total. The number of carbonyl (C=O) groups is 1. The minimum atomic E-state index is -0.116. The third-order valence-electron chi connectivity index (χ3n) is 3.65. The molecule has 0 aliphatic carbocycles. The molecule has 2 rings (SSSR count). The van der Waals surface area contributed by atoms with Crippen molar-refractivity contribution in [1.29, 1.82) is 0 Å². The fraction of sp³-hybridized carbons (Fsp3) is 0.588. The third-order valence-corrected chi connectivity index (χ3v) is 3.65. The number of nitrogens with zero attached hydrogens (tertiary/aromatic N) is 1. The SMILES string of the molecule is Cc1ccc(C)c(F)c1.O=CNCCCN1CCCCC1. The molecule has 1 heterocycles. The van der Waals surface area contributed by atoms with Crippen molar-refractivity contribution in [2.24, 2.45) is 0 Å². The lowest BCUT2D eigenvalue weighted by Crippen LogP contribution is -2.32. The molecule has 1 aliphatic heterocycles. The van der Waals surface area contributed by atoms with Crippen LogP contribution in [0.5, 0.6) is 0 Å². The van der Waals surface area contributed by atoms with Crippen LogP contribution in [0.15, 0.2) is 18.2 Å². The highest BCUT2D eigenvalue weighted by atomic mass is 19.1. The molecule has 0 spiro atoms. The molecular weight excluding hydrogens is 267 g/mol. The van der Waals surface area contributed by atoms with Crippen molar-refractivity contribution < 1.29 is 9.18 Å². The van der Waals surface area contributed by atoms with E-state index in [-0.39, 0.29) is 5.82 Å². The molecule has 4 heteroatoms. The number of piperidine rings is 1. The second-order valence-corrected chi connectivity index (χ2v) is 5.58. The molecule has 1 fully saturated rings. The zero-order valence-corrected chi connectivity index (χ0v) is 13.2. The summed E-state index contributed by atoms with van der Waals surface area (Å²) >= 11 is 0. The Morgan fingerprint density at radius 1 is 1.24 bits per heavy atom. The monoisotopic (exact) mass is 294 g/mol. The molecule has 1 aliphatic rings. The molecule has 1 saturated heterocycles. The van der Waals surface area contributed by atoms with E-state index >= 15 is 0 Å².